The fourth-order valence-corrected chi connectivity index (χ4v) is 5.50. The molecule has 1 aromatic heterocycles. The van der Waals surface area contributed by atoms with Crippen molar-refractivity contribution in [2.45, 2.75) is 25.3 Å². The van der Waals surface area contributed by atoms with Crippen molar-refractivity contribution in [3.05, 3.63) is 62.5 Å². The molecular formula is C25H26ClF3N4O5S. The van der Waals surface area contributed by atoms with Crippen molar-refractivity contribution in [1.29, 1.82) is 0 Å². The van der Waals surface area contributed by atoms with Gasteiger partial charge >= 0.3 is 11.9 Å². The molecule has 2 aliphatic heterocycles. The first-order chi connectivity index (χ1) is 18.6. The van der Waals surface area contributed by atoms with E-state index in [1.807, 2.05) is 0 Å². The van der Waals surface area contributed by atoms with E-state index in [1.54, 1.807) is 18.5 Å². The highest BCUT2D eigenvalue weighted by Gasteiger charge is 2.42. The largest absolute Gasteiger partial charge is 0.480 e. The highest BCUT2D eigenvalue weighted by atomic mass is 35.5. The van der Waals surface area contributed by atoms with Gasteiger partial charge in [0.25, 0.3) is 5.92 Å². The van der Waals surface area contributed by atoms with Gasteiger partial charge in [0.2, 0.25) is 0 Å². The average Bonchev–Trinajstić information content (AvgIpc) is 3.38. The Hall–Kier alpha value is -3.00. The quantitative estimate of drug-likeness (QED) is 0.403. The number of carbonyl (C=O) groups excluding carboxylic acids is 1. The molecule has 2 N–H and O–H groups in total. The van der Waals surface area contributed by atoms with Crippen molar-refractivity contribution in [1.82, 2.24) is 15.2 Å². The number of hydrogen-bond acceptors (Lipinski definition) is 9. The number of aliphatic imine (C=N–C) groups is 1. The van der Waals surface area contributed by atoms with Crippen LogP contribution in [0.5, 0.6) is 0 Å². The summed E-state index contributed by atoms with van der Waals surface area (Å²) in [5.41, 5.74) is 0.651. The van der Waals surface area contributed by atoms with Gasteiger partial charge < -0.3 is 19.9 Å². The Morgan fingerprint density at radius 2 is 2.15 bits per heavy atom. The number of thiazole rings is 1. The second-order valence-corrected chi connectivity index (χ2v) is 10.4. The number of rotatable bonds is 10. The van der Waals surface area contributed by atoms with Gasteiger partial charge in [-0.15, -0.1) is 11.3 Å². The fourth-order valence-electron chi connectivity index (χ4n) is 4.64. The van der Waals surface area contributed by atoms with Gasteiger partial charge in [0.1, 0.15) is 18.5 Å². The molecule has 0 radical (unpaired) electrons. The van der Waals surface area contributed by atoms with Crippen LogP contribution in [0.25, 0.3) is 0 Å². The van der Waals surface area contributed by atoms with Crippen LogP contribution < -0.4 is 5.32 Å². The van der Waals surface area contributed by atoms with E-state index >= 15 is 0 Å². The van der Waals surface area contributed by atoms with Gasteiger partial charge in [-0.05, 0) is 19.1 Å². The van der Waals surface area contributed by atoms with Crippen LogP contribution in [0, 0.1) is 11.7 Å². The number of piperidine rings is 1. The molecule has 0 saturated carbocycles. The molecule has 0 spiro atoms. The number of nitrogens with zero attached hydrogens (tertiary/aromatic N) is 3. The Bertz CT molecular complexity index is 1270. The third kappa shape index (κ3) is 7.35. The standard InChI is InChI=1S/C25H26ClF3N4O5S/c1-2-38-24(36)20-18(10-33-9-14(8-25(28,29)13-33)11-37-12-19(34)35)31-22(23-30-5-6-39-23)32-21(20)16-4-3-15(27)7-17(16)26/h3-7,14,21H,2,8-13H2,1H3,(H,31,32)(H,34,35)/t14?,21-/m0/s1. The zero-order valence-corrected chi connectivity index (χ0v) is 22.4. The van der Waals surface area contributed by atoms with Crippen LogP contribution in [-0.4, -0.2) is 78.1 Å². The lowest BCUT2D eigenvalue weighted by Gasteiger charge is -2.39. The minimum atomic E-state index is -3.07. The van der Waals surface area contributed by atoms with E-state index in [9.17, 15) is 22.8 Å². The molecule has 2 aliphatic rings. The molecule has 1 fully saturated rings. The average molecular weight is 587 g/mol. The van der Waals surface area contributed by atoms with Crippen molar-refractivity contribution in [3.8, 4) is 0 Å². The van der Waals surface area contributed by atoms with E-state index in [2.05, 4.69) is 15.3 Å². The molecule has 39 heavy (non-hydrogen) atoms. The molecule has 9 nitrogen and oxygen atoms in total. The molecule has 4 rings (SSSR count). The number of nitrogens with one attached hydrogen (secondary N) is 1. The molecule has 0 aliphatic carbocycles. The lowest BCUT2D eigenvalue weighted by Crippen LogP contribution is -2.50. The third-order valence-corrected chi connectivity index (χ3v) is 7.14. The molecule has 2 aromatic rings. The minimum absolute atomic E-state index is 0.0328. The molecule has 3 heterocycles. The summed E-state index contributed by atoms with van der Waals surface area (Å²) in [7, 11) is 0. The Morgan fingerprint density at radius 3 is 2.82 bits per heavy atom. The van der Waals surface area contributed by atoms with Gasteiger partial charge in [0, 0.05) is 53.3 Å². The summed E-state index contributed by atoms with van der Waals surface area (Å²) >= 11 is 7.65. The van der Waals surface area contributed by atoms with E-state index in [0.29, 0.717) is 16.4 Å². The zero-order chi connectivity index (χ0) is 28.2. The molecule has 0 bridgehead atoms. The maximum absolute atomic E-state index is 14.7. The number of hydrogen-bond donors (Lipinski definition) is 2. The van der Waals surface area contributed by atoms with Crippen LogP contribution in [-0.2, 0) is 19.1 Å². The number of amidine groups is 1. The number of benzene rings is 1. The highest BCUT2D eigenvalue weighted by molar-refractivity contribution is 7.11. The number of carbonyl (C=O) groups is 2. The summed E-state index contributed by atoms with van der Waals surface area (Å²) in [4.78, 5) is 34.4. The van der Waals surface area contributed by atoms with Gasteiger partial charge in [-0.3, -0.25) is 9.89 Å². The molecule has 210 valence electrons. The van der Waals surface area contributed by atoms with Crippen LogP contribution in [0.1, 0.15) is 30.0 Å². The van der Waals surface area contributed by atoms with Crippen molar-refractivity contribution in [3.63, 3.8) is 0 Å². The molecule has 1 unspecified atom stereocenters. The highest BCUT2D eigenvalue weighted by Crippen LogP contribution is 2.38. The van der Waals surface area contributed by atoms with Gasteiger partial charge in [0.05, 0.1) is 25.3 Å². The Balaban J connectivity index is 1.72. The smallest absolute Gasteiger partial charge is 0.338 e. The molecule has 0 amide bonds. The normalized spacial score (nSPS) is 21.3. The third-order valence-electron chi connectivity index (χ3n) is 6.03. The van der Waals surface area contributed by atoms with E-state index in [1.165, 1.54) is 28.4 Å². The predicted molar refractivity (Wildman–Crippen MR) is 138 cm³/mol. The number of alkyl halides is 2. The number of halogens is 4. The molecule has 1 aromatic carbocycles. The van der Waals surface area contributed by atoms with Crippen LogP contribution in [0.4, 0.5) is 13.2 Å². The lowest BCUT2D eigenvalue weighted by atomic mass is 9.93. The predicted octanol–water partition coefficient (Wildman–Crippen LogP) is 3.90. The van der Waals surface area contributed by atoms with Crippen LogP contribution in [0.15, 0.2) is 46.0 Å². The maximum atomic E-state index is 14.7. The van der Waals surface area contributed by atoms with Gasteiger partial charge in [-0.2, -0.15) is 0 Å². The van der Waals surface area contributed by atoms with E-state index < -0.39 is 55.2 Å². The minimum Gasteiger partial charge on any atom is -0.480 e. The molecule has 14 heteroatoms. The Labute approximate surface area is 231 Å². The summed E-state index contributed by atoms with van der Waals surface area (Å²) in [6.07, 6.45) is 1.11. The van der Waals surface area contributed by atoms with E-state index in [0.717, 1.165) is 6.07 Å². The number of likely N-dealkylation sites (tertiary alicyclic amines) is 1. The van der Waals surface area contributed by atoms with Gasteiger partial charge in [0.15, 0.2) is 10.8 Å². The fraction of sp³-hybridized carbons (Fsp3) is 0.440. The Morgan fingerprint density at radius 1 is 1.36 bits per heavy atom. The summed E-state index contributed by atoms with van der Waals surface area (Å²) in [5.74, 6) is -5.90. The van der Waals surface area contributed by atoms with Crippen molar-refractivity contribution >= 4 is 40.7 Å². The summed E-state index contributed by atoms with van der Waals surface area (Å²) < 4.78 is 53.7. The van der Waals surface area contributed by atoms with Crippen LogP contribution in [0.2, 0.25) is 5.02 Å². The molecular weight excluding hydrogens is 561 g/mol. The topological polar surface area (TPSA) is 113 Å². The lowest BCUT2D eigenvalue weighted by molar-refractivity contribution is -0.144. The van der Waals surface area contributed by atoms with Crippen LogP contribution >= 0.6 is 22.9 Å². The van der Waals surface area contributed by atoms with Crippen LogP contribution in [0.3, 0.4) is 0 Å². The number of ether oxygens (including phenoxy) is 2. The number of carboxylic acids is 1. The number of carboxylic acid groups (broad SMARTS) is 1. The molecule has 2 atom stereocenters. The number of esters is 1. The SMILES string of the molecule is CCOC(=O)C1=C(CN2CC(COCC(=O)O)CC(F)(F)C2)NC(c2nccs2)=N[C@H]1c1ccc(F)cc1Cl. The second kappa shape index (κ2) is 12.5. The number of aliphatic carboxylic acids is 1. The second-order valence-electron chi connectivity index (χ2n) is 9.13. The summed E-state index contributed by atoms with van der Waals surface area (Å²) in [6, 6.07) is 2.69. The first-order valence-corrected chi connectivity index (χ1v) is 13.3. The Kier molecular flexibility index (Phi) is 9.26. The van der Waals surface area contributed by atoms with E-state index in [4.69, 9.17) is 26.2 Å². The maximum Gasteiger partial charge on any atom is 0.338 e. The molecule has 1 saturated heterocycles. The van der Waals surface area contributed by atoms with E-state index in [-0.39, 0.29) is 42.6 Å². The summed E-state index contributed by atoms with van der Waals surface area (Å²) in [5, 5.41) is 14.1. The first-order valence-electron chi connectivity index (χ1n) is 12.1. The van der Waals surface area contributed by atoms with Crippen molar-refractivity contribution in [2.75, 3.05) is 39.5 Å². The van der Waals surface area contributed by atoms with Crippen molar-refractivity contribution < 1.29 is 37.3 Å². The van der Waals surface area contributed by atoms with Crippen molar-refractivity contribution in [2.24, 2.45) is 10.9 Å². The first kappa shape index (κ1) is 29.0. The number of aromatic nitrogens is 1. The van der Waals surface area contributed by atoms with Gasteiger partial charge in [-0.1, -0.05) is 17.7 Å². The summed E-state index contributed by atoms with van der Waals surface area (Å²) in [6.45, 7) is 0.403. The monoisotopic (exact) mass is 586 g/mol. The zero-order valence-electron chi connectivity index (χ0n) is 20.8. The van der Waals surface area contributed by atoms with Gasteiger partial charge in [-0.25, -0.2) is 27.7 Å².